The number of nitrogens with one attached hydrogen (secondary N) is 1. The molecular formula is C19H24N8O3. The van der Waals surface area contributed by atoms with Crippen LogP contribution in [0.25, 0.3) is 0 Å². The third-order valence-electron chi connectivity index (χ3n) is 5.20. The van der Waals surface area contributed by atoms with Gasteiger partial charge in [0, 0.05) is 32.5 Å². The van der Waals surface area contributed by atoms with E-state index >= 15 is 0 Å². The Bertz CT molecular complexity index is 969. The molecule has 30 heavy (non-hydrogen) atoms. The van der Waals surface area contributed by atoms with Crippen LogP contribution in [-0.4, -0.2) is 68.3 Å². The molecule has 11 nitrogen and oxygen atoms in total. The number of carbonyl (C=O) groups is 2. The first-order chi connectivity index (χ1) is 14.4. The molecule has 0 radical (unpaired) electrons. The van der Waals surface area contributed by atoms with Crippen LogP contribution in [0.5, 0.6) is 0 Å². The number of anilines is 3. The Morgan fingerprint density at radius 3 is 2.97 bits per heavy atom. The SMILES string of the molecule is CC[C@]1(C#N)CCN(c2ccnc(Nc3cnn(CC(=O)N(C)CCO)c3)n2)C1=O. The van der Waals surface area contributed by atoms with Gasteiger partial charge in [0.15, 0.2) is 0 Å². The summed E-state index contributed by atoms with van der Waals surface area (Å²) in [6, 6.07) is 3.79. The molecule has 3 rings (SSSR count). The third-order valence-corrected chi connectivity index (χ3v) is 5.20. The molecule has 1 fully saturated rings. The summed E-state index contributed by atoms with van der Waals surface area (Å²) < 4.78 is 1.47. The van der Waals surface area contributed by atoms with Crippen LogP contribution < -0.4 is 10.2 Å². The van der Waals surface area contributed by atoms with Crippen LogP contribution >= 0.6 is 0 Å². The van der Waals surface area contributed by atoms with Crippen molar-refractivity contribution in [3.05, 3.63) is 24.7 Å². The number of hydrogen-bond donors (Lipinski definition) is 2. The van der Waals surface area contributed by atoms with Gasteiger partial charge in [-0.05, 0) is 18.9 Å². The number of aliphatic hydroxyl groups is 1. The molecule has 1 aliphatic rings. The summed E-state index contributed by atoms with van der Waals surface area (Å²) in [5.74, 6) is 0.280. The smallest absolute Gasteiger partial charge is 0.248 e. The minimum Gasteiger partial charge on any atom is -0.395 e. The molecule has 1 saturated heterocycles. The highest BCUT2D eigenvalue weighted by molar-refractivity contribution is 6.01. The second-order valence-electron chi connectivity index (χ2n) is 7.08. The highest BCUT2D eigenvalue weighted by atomic mass is 16.3. The van der Waals surface area contributed by atoms with Gasteiger partial charge in [-0.3, -0.25) is 19.2 Å². The zero-order valence-electron chi connectivity index (χ0n) is 16.9. The van der Waals surface area contributed by atoms with Crippen LogP contribution in [0.4, 0.5) is 17.5 Å². The van der Waals surface area contributed by atoms with Crippen molar-refractivity contribution in [1.82, 2.24) is 24.6 Å². The summed E-state index contributed by atoms with van der Waals surface area (Å²) in [5, 5.41) is 25.5. The number of nitrogens with zero attached hydrogens (tertiary/aromatic N) is 7. The Kier molecular flexibility index (Phi) is 6.27. The topological polar surface area (TPSA) is 140 Å². The first-order valence-corrected chi connectivity index (χ1v) is 9.63. The highest BCUT2D eigenvalue weighted by Crippen LogP contribution is 2.36. The van der Waals surface area contributed by atoms with Crippen molar-refractivity contribution in [2.75, 3.05) is 37.0 Å². The molecule has 0 bridgehead atoms. The number of aliphatic hydroxyl groups excluding tert-OH is 1. The lowest BCUT2D eigenvalue weighted by Gasteiger charge is -2.19. The number of carbonyl (C=O) groups excluding carboxylic acids is 2. The van der Waals surface area contributed by atoms with Crippen LogP contribution in [-0.2, 0) is 16.1 Å². The van der Waals surface area contributed by atoms with Crippen molar-refractivity contribution in [1.29, 1.82) is 5.26 Å². The molecule has 0 spiro atoms. The van der Waals surface area contributed by atoms with Gasteiger partial charge in [-0.15, -0.1) is 0 Å². The molecule has 1 aliphatic heterocycles. The number of hydrogen-bond acceptors (Lipinski definition) is 8. The fourth-order valence-corrected chi connectivity index (χ4v) is 3.24. The molecule has 0 aromatic carbocycles. The molecule has 2 N–H and O–H groups in total. The van der Waals surface area contributed by atoms with E-state index in [1.165, 1.54) is 26.9 Å². The predicted octanol–water partition coefficient (Wildman–Crippen LogP) is 0.524. The van der Waals surface area contributed by atoms with E-state index in [0.29, 0.717) is 30.9 Å². The predicted molar refractivity (Wildman–Crippen MR) is 108 cm³/mol. The Hall–Kier alpha value is -3.52. The average molecular weight is 412 g/mol. The molecule has 11 heteroatoms. The molecule has 0 saturated carbocycles. The van der Waals surface area contributed by atoms with Crippen LogP contribution in [0, 0.1) is 16.7 Å². The van der Waals surface area contributed by atoms with Gasteiger partial charge in [0.1, 0.15) is 17.8 Å². The standard InChI is InChI=1S/C19H24N8O3/c1-3-19(13-20)5-7-27(17(19)30)15-4-6-21-18(24-15)23-14-10-22-26(11-14)12-16(29)25(2)8-9-28/h4,6,10-11,28H,3,5,7-9,12H2,1-2H3,(H,21,23,24)/t19-/m1/s1. The Labute approximate surface area is 173 Å². The van der Waals surface area contributed by atoms with Crippen molar-refractivity contribution in [2.45, 2.75) is 26.3 Å². The van der Waals surface area contributed by atoms with E-state index in [0.717, 1.165) is 0 Å². The summed E-state index contributed by atoms with van der Waals surface area (Å²) in [4.78, 5) is 36.3. The maximum Gasteiger partial charge on any atom is 0.248 e. The summed E-state index contributed by atoms with van der Waals surface area (Å²) in [6.45, 7) is 2.45. The van der Waals surface area contributed by atoms with Gasteiger partial charge in [0.2, 0.25) is 17.8 Å². The molecule has 2 aromatic rings. The van der Waals surface area contributed by atoms with Crippen molar-refractivity contribution in [2.24, 2.45) is 5.41 Å². The van der Waals surface area contributed by atoms with Gasteiger partial charge in [0.25, 0.3) is 0 Å². The monoisotopic (exact) mass is 412 g/mol. The van der Waals surface area contributed by atoms with Gasteiger partial charge in [-0.2, -0.15) is 15.3 Å². The van der Waals surface area contributed by atoms with Gasteiger partial charge < -0.3 is 15.3 Å². The van der Waals surface area contributed by atoms with E-state index in [-0.39, 0.29) is 37.5 Å². The zero-order valence-corrected chi connectivity index (χ0v) is 16.9. The van der Waals surface area contributed by atoms with E-state index in [1.807, 2.05) is 6.92 Å². The summed E-state index contributed by atoms with van der Waals surface area (Å²) >= 11 is 0. The summed E-state index contributed by atoms with van der Waals surface area (Å²) in [7, 11) is 1.61. The second-order valence-corrected chi connectivity index (χ2v) is 7.08. The van der Waals surface area contributed by atoms with E-state index < -0.39 is 5.41 Å². The quantitative estimate of drug-likeness (QED) is 0.640. The first-order valence-electron chi connectivity index (χ1n) is 9.63. The maximum absolute atomic E-state index is 12.7. The molecule has 0 aliphatic carbocycles. The van der Waals surface area contributed by atoms with Crippen LogP contribution in [0.2, 0.25) is 0 Å². The van der Waals surface area contributed by atoms with Gasteiger partial charge in [-0.1, -0.05) is 6.92 Å². The maximum atomic E-state index is 12.7. The third kappa shape index (κ3) is 4.23. The zero-order chi connectivity index (χ0) is 21.7. The van der Waals surface area contributed by atoms with Crippen molar-refractivity contribution < 1.29 is 14.7 Å². The Morgan fingerprint density at radius 1 is 1.50 bits per heavy atom. The summed E-state index contributed by atoms with van der Waals surface area (Å²) in [6.07, 6.45) is 5.64. The molecule has 2 amide bonds. The van der Waals surface area contributed by atoms with Crippen molar-refractivity contribution >= 4 is 29.3 Å². The van der Waals surface area contributed by atoms with Crippen LogP contribution in [0.1, 0.15) is 19.8 Å². The fraction of sp³-hybridized carbons (Fsp3) is 0.474. The van der Waals surface area contributed by atoms with Crippen LogP contribution in [0.3, 0.4) is 0 Å². The molecule has 0 unspecified atom stereocenters. The average Bonchev–Trinajstić information content (AvgIpc) is 3.32. The first kappa shape index (κ1) is 21.2. The lowest BCUT2D eigenvalue weighted by atomic mass is 9.85. The minimum atomic E-state index is -0.991. The molecule has 2 aromatic heterocycles. The lowest BCUT2D eigenvalue weighted by Crippen LogP contribution is -2.33. The molecular weight excluding hydrogens is 388 g/mol. The normalized spacial score (nSPS) is 18.3. The second kappa shape index (κ2) is 8.87. The number of rotatable bonds is 8. The van der Waals surface area contributed by atoms with Crippen molar-refractivity contribution in [3.8, 4) is 6.07 Å². The fourth-order valence-electron chi connectivity index (χ4n) is 3.24. The van der Waals surface area contributed by atoms with Gasteiger partial charge in [0.05, 0.1) is 24.6 Å². The van der Waals surface area contributed by atoms with E-state index in [1.54, 1.807) is 19.3 Å². The lowest BCUT2D eigenvalue weighted by molar-refractivity contribution is -0.131. The van der Waals surface area contributed by atoms with Gasteiger partial charge in [-0.25, -0.2) is 4.98 Å². The van der Waals surface area contributed by atoms with Crippen molar-refractivity contribution in [3.63, 3.8) is 0 Å². The van der Waals surface area contributed by atoms with Gasteiger partial charge >= 0.3 is 0 Å². The van der Waals surface area contributed by atoms with Crippen LogP contribution in [0.15, 0.2) is 24.7 Å². The Balaban J connectivity index is 1.68. The largest absolute Gasteiger partial charge is 0.395 e. The molecule has 3 heterocycles. The number of amides is 2. The Morgan fingerprint density at radius 2 is 2.30 bits per heavy atom. The number of likely N-dealkylation sites (N-methyl/N-ethyl adjacent to an activating group) is 1. The minimum absolute atomic E-state index is 0.0363. The highest BCUT2D eigenvalue weighted by Gasteiger charge is 2.46. The molecule has 1 atom stereocenters. The number of nitriles is 1. The number of aromatic nitrogens is 4. The molecule has 158 valence electrons. The summed E-state index contributed by atoms with van der Waals surface area (Å²) in [5.41, 5.74) is -0.410. The van der Waals surface area contributed by atoms with E-state index in [2.05, 4.69) is 26.5 Å². The van der Waals surface area contributed by atoms with E-state index in [4.69, 9.17) is 5.11 Å². The van der Waals surface area contributed by atoms with E-state index in [9.17, 15) is 14.9 Å².